The molecular weight excluding hydrogens is 282 g/mol. The van der Waals surface area contributed by atoms with Crippen molar-refractivity contribution in [3.8, 4) is 5.75 Å². The zero-order valence-electron chi connectivity index (χ0n) is 11.1. The standard InChI is InChI=1S/C13H14ClN3O3/c1-7(2)13-16-11(20-17-13)6-19-10-5-8(14)3-4-9(10)12(15)18/h3-5,7H,6H2,1-2H3,(H2,15,18). The molecule has 0 unspecified atom stereocenters. The average Bonchev–Trinajstić information content (AvgIpc) is 2.85. The molecule has 0 aliphatic rings. The Labute approximate surface area is 120 Å². The first-order chi connectivity index (χ1) is 9.47. The van der Waals surface area contributed by atoms with Gasteiger partial charge >= 0.3 is 0 Å². The molecule has 2 N–H and O–H groups in total. The largest absolute Gasteiger partial charge is 0.483 e. The quantitative estimate of drug-likeness (QED) is 0.915. The second-order valence-corrected chi connectivity index (χ2v) is 4.93. The summed E-state index contributed by atoms with van der Waals surface area (Å²) < 4.78 is 10.5. The van der Waals surface area contributed by atoms with Crippen molar-refractivity contribution in [2.75, 3.05) is 0 Å². The first-order valence-corrected chi connectivity index (χ1v) is 6.40. The maximum atomic E-state index is 11.3. The minimum absolute atomic E-state index is 0.0420. The number of hydrogen-bond donors (Lipinski definition) is 1. The lowest BCUT2D eigenvalue weighted by Crippen LogP contribution is -2.13. The molecule has 1 amide bonds. The van der Waals surface area contributed by atoms with E-state index in [1.54, 1.807) is 6.07 Å². The Balaban J connectivity index is 2.13. The Morgan fingerprint density at radius 3 is 2.85 bits per heavy atom. The Morgan fingerprint density at radius 1 is 1.50 bits per heavy atom. The van der Waals surface area contributed by atoms with E-state index >= 15 is 0 Å². The van der Waals surface area contributed by atoms with Crippen LogP contribution in [0.3, 0.4) is 0 Å². The average molecular weight is 296 g/mol. The van der Waals surface area contributed by atoms with Gasteiger partial charge in [-0.2, -0.15) is 4.98 Å². The van der Waals surface area contributed by atoms with E-state index < -0.39 is 5.91 Å². The third-order valence-electron chi connectivity index (χ3n) is 2.56. The number of rotatable bonds is 5. The number of aromatic nitrogens is 2. The Bertz CT molecular complexity index is 625. The number of hydrogen-bond acceptors (Lipinski definition) is 5. The molecule has 0 radical (unpaired) electrons. The fraction of sp³-hybridized carbons (Fsp3) is 0.308. The minimum atomic E-state index is -0.593. The topological polar surface area (TPSA) is 91.2 Å². The van der Waals surface area contributed by atoms with E-state index in [1.807, 2.05) is 13.8 Å². The molecule has 2 rings (SSSR count). The van der Waals surface area contributed by atoms with E-state index in [2.05, 4.69) is 10.1 Å². The molecule has 0 saturated carbocycles. The summed E-state index contributed by atoms with van der Waals surface area (Å²) in [7, 11) is 0. The number of carbonyl (C=O) groups excluding carboxylic acids is 1. The second kappa shape index (κ2) is 5.92. The molecule has 6 nitrogen and oxygen atoms in total. The van der Waals surface area contributed by atoms with Crippen LogP contribution in [-0.2, 0) is 6.61 Å². The highest BCUT2D eigenvalue weighted by Gasteiger charge is 2.13. The predicted octanol–water partition coefficient (Wildman–Crippen LogP) is 2.52. The predicted molar refractivity (Wildman–Crippen MR) is 72.7 cm³/mol. The number of carbonyl (C=O) groups is 1. The van der Waals surface area contributed by atoms with Crippen LogP contribution in [0.25, 0.3) is 0 Å². The lowest BCUT2D eigenvalue weighted by Gasteiger charge is -2.07. The molecule has 0 aliphatic heterocycles. The SMILES string of the molecule is CC(C)c1noc(COc2cc(Cl)ccc2C(N)=O)n1. The number of nitrogens with two attached hydrogens (primary N) is 1. The van der Waals surface area contributed by atoms with Crippen molar-refractivity contribution < 1.29 is 14.1 Å². The molecular formula is C13H14ClN3O3. The van der Waals surface area contributed by atoms with Crippen LogP contribution in [0.15, 0.2) is 22.7 Å². The molecule has 1 aromatic heterocycles. The summed E-state index contributed by atoms with van der Waals surface area (Å²) in [6.45, 7) is 3.95. The molecule has 2 aromatic rings. The van der Waals surface area contributed by atoms with E-state index in [-0.39, 0.29) is 23.8 Å². The van der Waals surface area contributed by atoms with Crippen molar-refractivity contribution in [3.05, 3.63) is 40.5 Å². The number of halogens is 1. The van der Waals surface area contributed by atoms with Gasteiger partial charge < -0.3 is 15.0 Å². The molecule has 1 heterocycles. The van der Waals surface area contributed by atoms with E-state index in [0.29, 0.717) is 16.7 Å². The van der Waals surface area contributed by atoms with Gasteiger partial charge in [0, 0.05) is 10.9 Å². The number of benzene rings is 1. The highest BCUT2D eigenvalue weighted by molar-refractivity contribution is 6.30. The summed E-state index contributed by atoms with van der Waals surface area (Å²) in [6, 6.07) is 4.59. The zero-order valence-corrected chi connectivity index (χ0v) is 11.8. The van der Waals surface area contributed by atoms with Crippen LogP contribution >= 0.6 is 11.6 Å². The summed E-state index contributed by atoms with van der Waals surface area (Å²) in [5.41, 5.74) is 5.51. The van der Waals surface area contributed by atoms with Crippen molar-refractivity contribution in [2.24, 2.45) is 5.73 Å². The molecule has 7 heteroatoms. The summed E-state index contributed by atoms with van der Waals surface area (Å²) >= 11 is 5.87. The van der Waals surface area contributed by atoms with Crippen LogP contribution in [0.1, 0.15) is 41.8 Å². The molecule has 106 valence electrons. The summed E-state index contributed by atoms with van der Waals surface area (Å²) in [5, 5.41) is 4.26. The first-order valence-electron chi connectivity index (χ1n) is 6.02. The van der Waals surface area contributed by atoms with Crippen LogP contribution in [0.2, 0.25) is 5.02 Å². The Morgan fingerprint density at radius 2 is 2.25 bits per heavy atom. The van der Waals surface area contributed by atoms with Gasteiger partial charge in [-0.1, -0.05) is 30.6 Å². The van der Waals surface area contributed by atoms with Gasteiger partial charge in [-0.25, -0.2) is 0 Å². The zero-order chi connectivity index (χ0) is 14.7. The third kappa shape index (κ3) is 3.27. The highest BCUT2D eigenvalue weighted by atomic mass is 35.5. The van der Waals surface area contributed by atoms with Gasteiger partial charge in [0.15, 0.2) is 12.4 Å². The molecule has 20 heavy (non-hydrogen) atoms. The summed E-state index contributed by atoms with van der Waals surface area (Å²) in [6.07, 6.45) is 0. The number of amides is 1. The van der Waals surface area contributed by atoms with Crippen molar-refractivity contribution in [1.29, 1.82) is 0 Å². The Kier molecular flexibility index (Phi) is 4.24. The van der Waals surface area contributed by atoms with Crippen LogP contribution in [0.4, 0.5) is 0 Å². The van der Waals surface area contributed by atoms with Crippen LogP contribution in [-0.4, -0.2) is 16.0 Å². The van der Waals surface area contributed by atoms with Gasteiger partial charge in [0.25, 0.3) is 11.8 Å². The van der Waals surface area contributed by atoms with Crippen molar-refractivity contribution in [1.82, 2.24) is 10.1 Å². The van der Waals surface area contributed by atoms with E-state index in [1.165, 1.54) is 12.1 Å². The van der Waals surface area contributed by atoms with Gasteiger partial charge in [0.05, 0.1) is 5.56 Å². The first kappa shape index (κ1) is 14.3. The number of nitrogens with zero attached hydrogens (tertiary/aromatic N) is 2. The molecule has 0 saturated heterocycles. The normalized spacial score (nSPS) is 10.8. The molecule has 0 spiro atoms. The summed E-state index contributed by atoms with van der Waals surface area (Å²) in [5.74, 6) is 0.785. The van der Waals surface area contributed by atoms with Crippen LogP contribution < -0.4 is 10.5 Å². The van der Waals surface area contributed by atoms with Crippen molar-refractivity contribution >= 4 is 17.5 Å². The molecule has 0 atom stereocenters. The third-order valence-corrected chi connectivity index (χ3v) is 2.80. The van der Waals surface area contributed by atoms with Gasteiger partial charge in [0.1, 0.15) is 5.75 Å². The second-order valence-electron chi connectivity index (χ2n) is 4.49. The number of ether oxygens (including phenoxy) is 1. The molecule has 0 fully saturated rings. The monoisotopic (exact) mass is 295 g/mol. The molecule has 1 aromatic carbocycles. The summed E-state index contributed by atoms with van der Waals surface area (Å²) in [4.78, 5) is 15.5. The lowest BCUT2D eigenvalue weighted by molar-refractivity contribution is 0.0995. The maximum Gasteiger partial charge on any atom is 0.264 e. The van der Waals surface area contributed by atoms with Crippen LogP contribution in [0.5, 0.6) is 5.75 Å². The smallest absolute Gasteiger partial charge is 0.264 e. The van der Waals surface area contributed by atoms with E-state index in [4.69, 9.17) is 26.6 Å². The minimum Gasteiger partial charge on any atom is -0.483 e. The fourth-order valence-corrected chi connectivity index (χ4v) is 1.68. The maximum absolute atomic E-state index is 11.3. The highest BCUT2D eigenvalue weighted by Crippen LogP contribution is 2.24. The van der Waals surface area contributed by atoms with E-state index in [0.717, 1.165) is 0 Å². The number of primary amides is 1. The molecule has 0 aliphatic carbocycles. The molecule has 0 bridgehead atoms. The van der Waals surface area contributed by atoms with Crippen molar-refractivity contribution in [2.45, 2.75) is 26.4 Å². The lowest BCUT2D eigenvalue weighted by atomic mass is 10.2. The van der Waals surface area contributed by atoms with E-state index in [9.17, 15) is 4.79 Å². The van der Waals surface area contributed by atoms with Gasteiger partial charge in [0.2, 0.25) is 0 Å². The van der Waals surface area contributed by atoms with Gasteiger partial charge in [-0.05, 0) is 18.2 Å². The fourth-order valence-electron chi connectivity index (χ4n) is 1.52. The van der Waals surface area contributed by atoms with Crippen molar-refractivity contribution in [3.63, 3.8) is 0 Å². The Hall–Kier alpha value is -2.08. The van der Waals surface area contributed by atoms with Gasteiger partial charge in [-0.15, -0.1) is 0 Å². The van der Waals surface area contributed by atoms with Gasteiger partial charge in [-0.3, -0.25) is 4.79 Å². The van der Waals surface area contributed by atoms with Crippen LogP contribution in [0, 0.1) is 0 Å².